The Labute approximate surface area is 121 Å². The molecule has 2 nitrogen and oxygen atoms in total. The van der Waals surface area contributed by atoms with Crippen LogP contribution < -0.4 is 5.73 Å². The molecule has 1 aromatic rings. The van der Waals surface area contributed by atoms with Crippen LogP contribution in [0.3, 0.4) is 0 Å². The average molecular weight is 279 g/mol. The van der Waals surface area contributed by atoms with E-state index in [1.54, 1.807) is 12.1 Å². The van der Waals surface area contributed by atoms with Crippen molar-refractivity contribution in [2.24, 2.45) is 5.73 Å². The van der Waals surface area contributed by atoms with E-state index in [2.05, 4.69) is 0 Å². The third kappa shape index (κ3) is 4.03. The van der Waals surface area contributed by atoms with Crippen molar-refractivity contribution in [3.8, 4) is 0 Å². The molecule has 1 fully saturated rings. The molecule has 0 heterocycles. The molecule has 20 heavy (non-hydrogen) atoms. The van der Waals surface area contributed by atoms with Gasteiger partial charge < -0.3 is 10.5 Å². The number of benzene rings is 1. The maximum absolute atomic E-state index is 14.0. The average Bonchev–Trinajstić information content (AvgIpc) is 2.73. The second-order valence-electron chi connectivity index (χ2n) is 5.76. The second kappa shape index (κ2) is 7.75. The first-order valence-corrected chi connectivity index (χ1v) is 7.87. The Bertz CT molecular complexity index is 402. The van der Waals surface area contributed by atoms with E-state index in [-0.39, 0.29) is 24.1 Å². The summed E-state index contributed by atoms with van der Waals surface area (Å²) in [5.41, 5.74) is 6.79. The molecule has 3 heteroatoms. The van der Waals surface area contributed by atoms with Crippen LogP contribution >= 0.6 is 0 Å². The Kier molecular flexibility index (Phi) is 5.99. The van der Waals surface area contributed by atoms with Crippen molar-refractivity contribution in [2.45, 2.75) is 70.1 Å². The molecular formula is C17H26FNO. The van der Waals surface area contributed by atoms with Crippen LogP contribution in [0.25, 0.3) is 0 Å². The van der Waals surface area contributed by atoms with Crippen molar-refractivity contribution in [2.75, 3.05) is 0 Å². The quantitative estimate of drug-likeness (QED) is 0.814. The highest BCUT2D eigenvalue weighted by Gasteiger charge is 2.26. The van der Waals surface area contributed by atoms with Gasteiger partial charge in [-0.05, 0) is 25.3 Å². The fraction of sp³-hybridized carbons (Fsp3) is 0.647. The van der Waals surface area contributed by atoms with Gasteiger partial charge in [0, 0.05) is 11.6 Å². The fourth-order valence-corrected chi connectivity index (χ4v) is 2.91. The van der Waals surface area contributed by atoms with E-state index in [4.69, 9.17) is 10.5 Å². The Morgan fingerprint density at radius 1 is 1.20 bits per heavy atom. The smallest absolute Gasteiger partial charge is 0.129 e. The SMILES string of the molecule is CCC(N)C(OC1CCCCCC1)c1ccccc1F. The summed E-state index contributed by atoms with van der Waals surface area (Å²) in [6, 6.07) is 6.69. The predicted octanol–water partition coefficient (Wildman–Crippen LogP) is 4.34. The van der Waals surface area contributed by atoms with Crippen molar-refractivity contribution in [3.05, 3.63) is 35.6 Å². The number of hydrogen-bond acceptors (Lipinski definition) is 2. The van der Waals surface area contributed by atoms with Gasteiger partial charge in [0.05, 0.1) is 6.10 Å². The van der Waals surface area contributed by atoms with Crippen LogP contribution in [0.15, 0.2) is 24.3 Å². The van der Waals surface area contributed by atoms with Gasteiger partial charge in [-0.3, -0.25) is 0 Å². The van der Waals surface area contributed by atoms with Gasteiger partial charge in [-0.1, -0.05) is 50.8 Å². The molecule has 112 valence electrons. The molecule has 0 aromatic heterocycles. The number of halogens is 1. The molecule has 1 aromatic carbocycles. The summed E-state index contributed by atoms with van der Waals surface area (Å²) in [7, 11) is 0. The first-order chi connectivity index (χ1) is 9.72. The molecule has 2 unspecified atom stereocenters. The molecule has 0 radical (unpaired) electrons. The molecule has 0 bridgehead atoms. The van der Waals surface area contributed by atoms with Crippen LogP contribution in [-0.4, -0.2) is 12.1 Å². The van der Waals surface area contributed by atoms with E-state index in [1.165, 1.54) is 31.7 Å². The molecule has 1 aliphatic rings. The minimum atomic E-state index is -0.329. The first-order valence-electron chi connectivity index (χ1n) is 7.87. The highest BCUT2D eigenvalue weighted by molar-refractivity contribution is 5.21. The summed E-state index contributed by atoms with van der Waals surface area (Å²) in [5.74, 6) is -0.213. The summed E-state index contributed by atoms with van der Waals surface area (Å²) in [6.07, 6.45) is 7.79. The standard InChI is InChI=1S/C17H26FNO/c1-2-16(19)17(14-11-7-8-12-15(14)18)20-13-9-5-3-4-6-10-13/h7-8,11-13,16-17H,2-6,9-10,19H2,1H3. The third-order valence-corrected chi connectivity index (χ3v) is 4.21. The lowest BCUT2D eigenvalue weighted by molar-refractivity contribution is -0.0357. The number of ether oxygens (including phenoxy) is 1. The lowest BCUT2D eigenvalue weighted by atomic mass is 9.99. The van der Waals surface area contributed by atoms with Gasteiger partial charge >= 0.3 is 0 Å². The van der Waals surface area contributed by atoms with Crippen LogP contribution in [0.1, 0.15) is 63.5 Å². The van der Waals surface area contributed by atoms with Crippen molar-refractivity contribution in [1.82, 2.24) is 0 Å². The molecule has 2 N–H and O–H groups in total. The first kappa shape index (κ1) is 15.5. The van der Waals surface area contributed by atoms with Crippen LogP contribution in [-0.2, 0) is 4.74 Å². The van der Waals surface area contributed by atoms with E-state index in [1.807, 2.05) is 13.0 Å². The van der Waals surface area contributed by atoms with Gasteiger partial charge in [0.15, 0.2) is 0 Å². The van der Waals surface area contributed by atoms with Gasteiger partial charge in [0.2, 0.25) is 0 Å². The molecule has 0 spiro atoms. The van der Waals surface area contributed by atoms with Gasteiger partial charge in [-0.2, -0.15) is 0 Å². The van der Waals surface area contributed by atoms with Crippen molar-refractivity contribution >= 4 is 0 Å². The summed E-state index contributed by atoms with van der Waals surface area (Å²) in [5, 5.41) is 0. The van der Waals surface area contributed by atoms with Crippen LogP contribution in [0.4, 0.5) is 4.39 Å². The second-order valence-corrected chi connectivity index (χ2v) is 5.76. The molecule has 0 aliphatic heterocycles. The largest absolute Gasteiger partial charge is 0.369 e. The zero-order chi connectivity index (χ0) is 14.4. The molecule has 1 aliphatic carbocycles. The normalized spacial score (nSPS) is 20.4. The van der Waals surface area contributed by atoms with Crippen molar-refractivity contribution < 1.29 is 9.13 Å². The van der Waals surface area contributed by atoms with Gasteiger partial charge in [-0.25, -0.2) is 4.39 Å². The molecule has 0 saturated heterocycles. The maximum Gasteiger partial charge on any atom is 0.129 e. The number of hydrogen-bond donors (Lipinski definition) is 1. The molecular weight excluding hydrogens is 253 g/mol. The topological polar surface area (TPSA) is 35.2 Å². The summed E-state index contributed by atoms with van der Waals surface area (Å²) in [4.78, 5) is 0. The van der Waals surface area contributed by atoms with Crippen LogP contribution in [0.2, 0.25) is 0 Å². The van der Waals surface area contributed by atoms with E-state index in [9.17, 15) is 4.39 Å². The summed E-state index contributed by atoms with van der Waals surface area (Å²) in [6.45, 7) is 2.02. The summed E-state index contributed by atoms with van der Waals surface area (Å²) < 4.78 is 20.3. The minimum Gasteiger partial charge on any atom is -0.369 e. The van der Waals surface area contributed by atoms with Crippen molar-refractivity contribution in [1.29, 1.82) is 0 Å². The monoisotopic (exact) mass is 279 g/mol. The molecule has 2 atom stereocenters. The third-order valence-electron chi connectivity index (χ3n) is 4.21. The molecule has 0 amide bonds. The minimum absolute atomic E-state index is 0.157. The Hall–Kier alpha value is -0.930. The van der Waals surface area contributed by atoms with Gasteiger partial charge in [-0.15, -0.1) is 0 Å². The lowest BCUT2D eigenvalue weighted by Crippen LogP contribution is -2.33. The zero-order valence-electron chi connectivity index (χ0n) is 12.4. The number of nitrogens with two attached hydrogens (primary N) is 1. The highest BCUT2D eigenvalue weighted by Crippen LogP contribution is 2.30. The Morgan fingerprint density at radius 3 is 2.45 bits per heavy atom. The van der Waals surface area contributed by atoms with Gasteiger partial charge in [0.25, 0.3) is 0 Å². The van der Waals surface area contributed by atoms with E-state index >= 15 is 0 Å². The summed E-state index contributed by atoms with van der Waals surface area (Å²) >= 11 is 0. The fourth-order valence-electron chi connectivity index (χ4n) is 2.91. The predicted molar refractivity (Wildman–Crippen MR) is 80.0 cm³/mol. The van der Waals surface area contributed by atoms with Crippen molar-refractivity contribution in [3.63, 3.8) is 0 Å². The maximum atomic E-state index is 14.0. The molecule has 2 rings (SSSR count). The van der Waals surface area contributed by atoms with Crippen LogP contribution in [0.5, 0.6) is 0 Å². The van der Waals surface area contributed by atoms with E-state index in [0.717, 1.165) is 19.3 Å². The Morgan fingerprint density at radius 2 is 1.85 bits per heavy atom. The highest BCUT2D eigenvalue weighted by atomic mass is 19.1. The van der Waals surface area contributed by atoms with E-state index < -0.39 is 0 Å². The van der Waals surface area contributed by atoms with Gasteiger partial charge in [0.1, 0.15) is 11.9 Å². The lowest BCUT2D eigenvalue weighted by Gasteiger charge is -2.28. The van der Waals surface area contributed by atoms with E-state index in [0.29, 0.717) is 5.56 Å². The van der Waals surface area contributed by atoms with Crippen LogP contribution in [0, 0.1) is 5.82 Å². The Balaban J connectivity index is 2.13. The zero-order valence-corrected chi connectivity index (χ0v) is 12.4. The molecule has 1 saturated carbocycles. The number of rotatable bonds is 5.